The second kappa shape index (κ2) is 12.1. The summed E-state index contributed by atoms with van der Waals surface area (Å²) in [6.07, 6.45) is 7.48. The number of nitrogens with zero attached hydrogens (tertiary/aromatic N) is 2. The maximum absolute atomic E-state index is 14.5. The van der Waals surface area contributed by atoms with Crippen LogP contribution in [0, 0.1) is 11.6 Å². The number of urea groups is 1. The smallest absolute Gasteiger partial charge is 0.417 e. The first-order valence-corrected chi connectivity index (χ1v) is 11.5. The van der Waals surface area contributed by atoms with Crippen LogP contribution in [0.1, 0.15) is 37.8 Å². The van der Waals surface area contributed by atoms with E-state index in [9.17, 15) is 28.0 Å². The fraction of sp³-hybridized carbons (Fsp3) is 0.360. The number of likely N-dealkylation sites (tertiary alicyclic amines) is 1. The summed E-state index contributed by atoms with van der Waals surface area (Å²) in [5, 5.41) is 5.00. The van der Waals surface area contributed by atoms with E-state index in [1.807, 2.05) is 0 Å². The molecule has 0 saturated carbocycles. The van der Waals surface area contributed by atoms with Gasteiger partial charge in [-0.2, -0.15) is 0 Å². The van der Waals surface area contributed by atoms with E-state index in [1.54, 1.807) is 19.1 Å². The molecule has 0 unspecified atom stereocenters. The van der Waals surface area contributed by atoms with E-state index in [4.69, 9.17) is 4.74 Å². The van der Waals surface area contributed by atoms with Crippen molar-refractivity contribution in [1.29, 1.82) is 0 Å². The topological polar surface area (TPSA) is 108 Å². The van der Waals surface area contributed by atoms with Gasteiger partial charge in [0, 0.05) is 36.5 Å². The molecule has 2 N–H and O–H groups in total. The molecule has 0 bridgehead atoms. The number of benzene rings is 1. The lowest BCUT2D eigenvalue weighted by Crippen LogP contribution is -2.47. The van der Waals surface area contributed by atoms with Gasteiger partial charge in [0.1, 0.15) is 18.2 Å². The Bertz CT molecular complexity index is 1120. The minimum absolute atomic E-state index is 0.0617. The van der Waals surface area contributed by atoms with Gasteiger partial charge in [-0.1, -0.05) is 18.2 Å². The molecule has 5 amide bonds. The molecular weight excluding hydrogens is 474 g/mol. The summed E-state index contributed by atoms with van der Waals surface area (Å²) in [6, 6.07) is 1.79. The highest BCUT2D eigenvalue weighted by atomic mass is 19.1. The maximum Gasteiger partial charge on any atom is 0.417 e. The van der Waals surface area contributed by atoms with Crippen LogP contribution in [0.3, 0.4) is 0 Å². The first kappa shape index (κ1) is 26.6. The number of ether oxygens (including phenoxy) is 1. The summed E-state index contributed by atoms with van der Waals surface area (Å²) in [5.41, 5.74) is 0.563. The molecule has 3 rings (SSSR count). The first-order chi connectivity index (χ1) is 17.2. The molecule has 192 valence electrons. The van der Waals surface area contributed by atoms with Crippen LogP contribution in [0.2, 0.25) is 0 Å². The maximum atomic E-state index is 14.5. The van der Waals surface area contributed by atoms with Crippen molar-refractivity contribution >= 4 is 23.9 Å². The van der Waals surface area contributed by atoms with Gasteiger partial charge in [0.2, 0.25) is 5.91 Å². The van der Waals surface area contributed by atoms with Crippen molar-refractivity contribution in [2.45, 2.75) is 38.3 Å². The third-order valence-electron chi connectivity index (χ3n) is 5.86. The van der Waals surface area contributed by atoms with E-state index in [0.29, 0.717) is 29.9 Å². The van der Waals surface area contributed by atoms with Crippen molar-refractivity contribution in [2.24, 2.45) is 0 Å². The monoisotopic (exact) mass is 502 g/mol. The SMILES string of the molecule is CNC(=O)NC1=C/C=C/C(=O)N(CC(=O)N2[C@@H](c3ccc(F)cc3F)CC[C@@H]2C)C(=O)OCC\C=C\1. The third-order valence-corrected chi connectivity index (χ3v) is 5.86. The molecule has 36 heavy (non-hydrogen) atoms. The van der Waals surface area contributed by atoms with E-state index in [2.05, 4.69) is 10.6 Å². The quantitative estimate of drug-likeness (QED) is 0.657. The Morgan fingerprint density at radius 1 is 1.17 bits per heavy atom. The molecule has 2 aliphatic heterocycles. The summed E-state index contributed by atoms with van der Waals surface area (Å²) in [5.74, 6) is -2.86. The minimum Gasteiger partial charge on any atom is -0.449 e. The normalized spacial score (nSPS) is 24.1. The van der Waals surface area contributed by atoms with Crippen LogP contribution in [0.4, 0.5) is 18.4 Å². The number of allylic oxidation sites excluding steroid dienone is 3. The second-order valence-corrected chi connectivity index (χ2v) is 8.32. The Kier molecular flexibility index (Phi) is 8.93. The van der Waals surface area contributed by atoms with Crippen LogP contribution in [-0.4, -0.2) is 60.0 Å². The zero-order chi connectivity index (χ0) is 26.2. The van der Waals surface area contributed by atoms with Gasteiger partial charge in [0.05, 0.1) is 12.6 Å². The molecule has 11 heteroatoms. The Morgan fingerprint density at radius 3 is 2.67 bits per heavy atom. The lowest BCUT2D eigenvalue weighted by Gasteiger charge is -2.31. The molecule has 0 aliphatic carbocycles. The van der Waals surface area contributed by atoms with Gasteiger partial charge in [0.25, 0.3) is 5.91 Å². The van der Waals surface area contributed by atoms with Crippen LogP contribution in [0.25, 0.3) is 0 Å². The van der Waals surface area contributed by atoms with Gasteiger partial charge >= 0.3 is 12.1 Å². The highest BCUT2D eigenvalue weighted by Crippen LogP contribution is 2.37. The van der Waals surface area contributed by atoms with Gasteiger partial charge in [-0.25, -0.2) is 23.3 Å². The molecule has 1 saturated heterocycles. The van der Waals surface area contributed by atoms with Crippen LogP contribution < -0.4 is 10.6 Å². The Hall–Kier alpha value is -4.02. The molecule has 0 radical (unpaired) electrons. The van der Waals surface area contributed by atoms with Crippen LogP contribution in [0.15, 0.2) is 54.3 Å². The number of cyclic esters (lactones) is 1. The fourth-order valence-corrected chi connectivity index (χ4v) is 4.09. The van der Waals surface area contributed by atoms with E-state index >= 15 is 0 Å². The molecular formula is C25H28F2N4O5. The Morgan fingerprint density at radius 2 is 1.94 bits per heavy atom. The van der Waals surface area contributed by atoms with Gasteiger partial charge in [-0.15, -0.1) is 0 Å². The lowest BCUT2D eigenvalue weighted by molar-refractivity contribution is -0.139. The minimum atomic E-state index is -0.990. The van der Waals surface area contributed by atoms with E-state index in [-0.39, 0.29) is 18.2 Å². The van der Waals surface area contributed by atoms with Crippen molar-refractivity contribution < 1.29 is 32.7 Å². The van der Waals surface area contributed by atoms with E-state index < -0.39 is 48.2 Å². The average Bonchev–Trinajstić information content (AvgIpc) is 3.21. The number of carbonyl (C=O) groups is 4. The van der Waals surface area contributed by atoms with Crippen LogP contribution in [0.5, 0.6) is 0 Å². The summed E-state index contributed by atoms with van der Waals surface area (Å²) in [6.45, 7) is 1.11. The molecule has 2 heterocycles. The molecule has 2 aliphatic rings. The van der Waals surface area contributed by atoms with Gasteiger partial charge in [0.15, 0.2) is 0 Å². The van der Waals surface area contributed by atoms with Crippen molar-refractivity contribution in [2.75, 3.05) is 20.2 Å². The zero-order valence-electron chi connectivity index (χ0n) is 20.0. The Balaban J connectivity index is 1.81. The number of nitrogens with one attached hydrogen (secondary N) is 2. The molecule has 0 spiro atoms. The fourth-order valence-electron chi connectivity index (χ4n) is 4.09. The molecule has 1 aromatic rings. The predicted octanol–water partition coefficient (Wildman–Crippen LogP) is 3.31. The number of amides is 5. The third kappa shape index (κ3) is 6.55. The van der Waals surface area contributed by atoms with Gasteiger partial charge < -0.3 is 20.3 Å². The number of hydrogen-bond acceptors (Lipinski definition) is 5. The number of rotatable bonds is 4. The van der Waals surface area contributed by atoms with Crippen LogP contribution >= 0.6 is 0 Å². The number of halogens is 2. The molecule has 9 nitrogen and oxygen atoms in total. The number of imide groups is 1. The standard InChI is InChI=1S/C25H28F2N4O5/c1-16-9-12-21(19-11-10-17(26)14-20(19)27)31(16)23(33)15-30-22(32)8-5-7-18(29-24(34)28-2)6-3-4-13-36-25(30)35/h3,5-8,10-11,14,16,21H,4,9,12-13,15H2,1-2H3,(H2,28,29,34)/b6-3+,8-5+,18-7+/t16-,21+/m0/s1. The van der Waals surface area contributed by atoms with E-state index in [0.717, 1.165) is 18.2 Å². The average molecular weight is 503 g/mol. The zero-order valence-corrected chi connectivity index (χ0v) is 20.0. The summed E-state index contributed by atoms with van der Waals surface area (Å²) in [4.78, 5) is 52.4. The van der Waals surface area contributed by atoms with Crippen molar-refractivity contribution in [1.82, 2.24) is 20.4 Å². The highest BCUT2D eigenvalue weighted by molar-refractivity contribution is 6.01. The molecule has 2 atom stereocenters. The first-order valence-electron chi connectivity index (χ1n) is 11.5. The second-order valence-electron chi connectivity index (χ2n) is 8.32. The molecule has 0 aromatic heterocycles. The van der Waals surface area contributed by atoms with Crippen molar-refractivity contribution in [3.8, 4) is 0 Å². The van der Waals surface area contributed by atoms with Crippen molar-refractivity contribution in [3.05, 3.63) is 71.5 Å². The Labute approximate surface area is 207 Å². The van der Waals surface area contributed by atoms with Gasteiger partial charge in [-0.3, -0.25) is 9.59 Å². The summed E-state index contributed by atoms with van der Waals surface area (Å²) >= 11 is 0. The summed E-state index contributed by atoms with van der Waals surface area (Å²) < 4.78 is 33.0. The lowest BCUT2D eigenvalue weighted by atomic mass is 10.0. The van der Waals surface area contributed by atoms with Crippen molar-refractivity contribution in [3.63, 3.8) is 0 Å². The van der Waals surface area contributed by atoms with Gasteiger partial charge in [-0.05, 0) is 44.4 Å². The number of hydrogen-bond donors (Lipinski definition) is 2. The molecule has 1 fully saturated rings. The molecule has 1 aromatic carbocycles. The predicted molar refractivity (Wildman–Crippen MR) is 126 cm³/mol. The van der Waals surface area contributed by atoms with E-state index in [1.165, 1.54) is 30.2 Å². The summed E-state index contributed by atoms with van der Waals surface area (Å²) in [7, 11) is 1.46. The highest BCUT2D eigenvalue weighted by Gasteiger charge is 2.38. The largest absolute Gasteiger partial charge is 0.449 e. The number of carbonyl (C=O) groups excluding carboxylic acids is 4. The van der Waals surface area contributed by atoms with Crippen LogP contribution in [-0.2, 0) is 14.3 Å².